The fourth-order valence-electron chi connectivity index (χ4n) is 3.78. The van der Waals surface area contributed by atoms with E-state index in [0.29, 0.717) is 28.5 Å². The van der Waals surface area contributed by atoms with Crippen LogP contribution in [0.2, 0.25) is 0 Å². The number of halogens is 3. The molecule has 0 unspecified atom stereocenters. The van der Waals surface area contributed by atoms with Gasteiger partial charge in [-0.3, -0.25) is 4.79 Å². The topological polar surface area (TPSA) is 107 Å². The fourth-order valence-corrected chi connectivity index (χ4v) is 3.78. The van der Waals surface area contributed by atoms with Gasteiger partial charge in [0.05, 0.1) is 10.9 Å². The number of hydrogen-bond acceptors (Lipinski definition) is 7. The Kier molecular flexibility index (Phi) is 6.37. The van der Waals surface area contributed by atoms with Gasteiger partial charge in [-0.15, -0.1) is 13.2 Å². The van der Waals surface area contributed by atoms with Crippen molar-refractivity contribution in [3.05, 3.63) is 84.6 Å². The molecule has 0 bridgehead atoms. The molecule has 2 N–H and O–H groups in total. The van der Waals surface area contributed by atoms with Crippen LogP contribution in [0.1, 0.15) is 15.9 Å². The summed E-state index contributed by atoms with van der Waals surface area (Å²) in [5.74, 6) is 0.00530. The molecule has 2 aromatic carbocycles. The summed E-state index contributed by atoms with van der Waals surface area (Å²) in [7, 11) is 1.87. The number of carbonyl (C=O) groups excluding carboxylic acids is 1. The standard InChI is InChI=1S/C26H20F3N7O2/c1-15-6-7-16(25(37)32-18-4-3-5-19(11-18)38-26(27,28)29)10-21(15)33-23-20-8-9-36(2)24(20)35-22(34-23)17-12-30-14-31-13-17/h3-14H,1-2H3,(H,32,37)(H,33,34,35). The van der Waals surface area contributed by atoms with E-state index in [9.17, 15) is 18.0 Å². The Labute approximate surface area is 214 Å². The second kappa shape index (κ2) is 9.81. The molecule has 38 heavy (non-hydrogen) atoms. The highest BCUT2D eigenvalue weighted by molar-refractivity contribution is 6.05. The Bertz CT molecular complexity index is 1640. The SMILES string of the molecule is Cc1ccc(C(=O)Nc2cccc(OC(F)(F)F)c2)cc1Nc1nc(-c2cncnc2)nc2c1ccn2C. The average molecular weight is 519 g/mol. The molecule has 0 aliphatic rings. The maximum Gasteiger partial charge on any atom is 0.573 e. The van der Waals surface area contributed by atoms with E-state index < -0.39 is 18.0 Å². The van der Waals surface area contributed by atoms with Gasteiger partial charge in [0, 0.05) is 48.6 Å². The van der Waals surface area contributed by atoms with Crippen LogP contribution in [0.4, 0.5) is 30.4 Å². The second-order valence-electron chi connectivity index (χ2n) is 8.37. The zero-order valence-electron chi connectivity index (χ0n) is 20.1. The first kappa shape index (κ1) is 24.7. The zero-order valence-corrected chi connectivity index (χ0v) is 20.1. The molecule has 0 aliphatic heterocycles. The number of hydrogen-bond donors (Lipinski definition) is 2. The van der Waals surface area contributed by atoms with Crippen LogP contribution in [-0.4, -0.2) is 36.8 Å². The molecule has 12 heteroatoms. The Balaban J connectivity index is 1.44. The first-order valence-electron chi connectivity index (χ1n) is 11.3. The molecular weight excluding hydrogens is 499 g/mol. The number of nitrogens with zero attached hydrogens (tertiary/aromatic N) is 5. The summed E-state index contributed by atoms with van der Waals surface area (Å²) in [6.45, 7) is 1.87. The van der Waals surface area contributed by atoms with Gasteiger partial charge in [0.2, 0.25) is 0 Å². The van der Waals surface area contributed by atoms with Crippen molar-refractivity contribution in [2.24, 2.45) is 7.05 Å². The predicted octanol–water partition coefficient (Wildman–Crippen LogP) is 5.63. The molecular formula is C26H20F3N7O2. The van der Waals surface area contributed by atoms with E-state index in [1.807, 2.05) is 30.8 Å². The molecule has 5 rings (SSSR count). The summed E-state index contributed by atoms with van der Waals surface area (Å²) in [6.07, 6.45) is 1.68. The third-order valence-electron chi connectivity index (χ3n) is 5.62. The number of amides is 1. The molecule has 0 radical (unpaired) electrons. The van der Waals surface area contributed by atoms with Gasteiger partial charge in [0.1, 0.15) is 23.5 Å². The molecule has 3 heterocycles. The van der Waals surface area contributed by atoms with E-state index in [2.05, 4.69) is 35.3 Å². The van der Waals surface area contributed by atoms with E-state index in [1.54, 1.807) is 30.6 Å². The lowest BCUT2D eigenvalue weighted by molar-refractivity contribution is -0.274. The Morgan fingerprint density at radius 1 is 1.03 bits per heavy atom. The van der Waals surface area contributed by atoms with Crippen molar-refractivity contribution in [1.82, 2.24) is 24.5 Å². The van der Waals surface area contributed by atoms with E-state index >= 15 is 0 Å². The van der Waals surface area contributed by atoms with Crippen LogP contribution >= 0.6 is 0 Å². The van der Waals surface area contributed by atoms with Crippen LogP contribution in [-0.2, 0) is 7.05 Å². The minimum Gasteiger partial charge on any atom is -0.406 e. The number of carbonyl (C=O) groups is 1. The van der Waals surface area contributed by atoms with Gasteiger partial charge >= 0.3 is 6.36 Å². The van der Waals surface area contributed by atoms with Gasteiger partial charge in [0.25, 0.3) is 5.91 Å². The summed E-state index contributed by atoms with van der Waals surface area (Å²) >= 11 is 0. The smallest absolute Gasteiger partial charge is 0.406 e. The van der Waals surface area contributed by atoms with Crippen LogP contribution < -0.4 is 15.4 Å². The largest absolute Gasteiger partial charge is 0.573 e. The first-order chi connectivity index (χ1) is 18.2. The Hall–Kier alpha value is -5.00. The third-order valence-corrected chi connectivity index (χ3v) is 5.62. The maximum absolute atomic E-state index is 12.9. The maximum atomic E-state index is 12.9. The quantitative estimate of drug-likeness (QED) is 0.300. The molecule has 5 aromatic rings. The van der Waals surface area contributed by atoms with Gasteiger partial charge in [-0.25, -0.2) is 19.9 Å². The number of benzene rings is 2. The normalized spacial score (nSPS) is 11.4. The van der Waals surface area contributed by atoms with E-state index in [-0.39, 0.29) is 11.3 Å². The molecule has 0 fully saturated rings. The number of nitrogens with one attached hydrogen (secondary N) is 2. The summed E-state index contributed by atoms with van der Waals surface area (Å²) in [6, 6.07) is 12.0. The monoisotopic (exact) mass is 519 g/mol. The number of anilines is 3. The highest BCUT2D eigenvalue weighted by Gasteiger charge is 2.31. The molecule has 1 amide bonds. The average Bonchev–Trinajstić information content (AvgIpc) is 3.26. The fraction of sp³-hybridized carbons (Fsp3) is 0.115. The molecule has 0 aliphatic carbocycles. The van der Waals surface area contributed by atoms with Gasteiger partial charge in [0.15, 0.2) is 5.82 Å². The summed E-state index contributed by atoms with van der Waals surface area (Å²) in [5, 5.41) is 6.67. The van der Waals surface area contributed by atoms with E-state index in [4.69, 9.17) is 0 Å². The van der Waals surface area contributed by atoms with Crippen LogP contribution in [0.3, 0.4) is 0 Å². The Morgan fingerprint density at radius 2 is 1.82 bits per heavy atom. The van der Waals surface area contributed by atoms with Crippen molar-refractivity contribution in [3.8, 4) is 17.1 Å². The number of fused-ring (bicyclic) bond motifs is 1. The van der Waals surface area contributed by atoms with Gasteiger partial charge in [-0.05, 0) is 42.8 Å². The summed E-state index contributed by atoms with van der Waals surface area (Å²) in [4.78, 5) is 30.3. The molecule has 0 spiro atoms. The highest BCUT2D eigenvalue weighted by Crippen LogP contribution is 2.30. The second-order valence-corrected chi connectivity index (χ2v) is 8.37. The molecule has 0 saturated carbocycles. The molecule has 9 nitrogen and oxygen atoms in total. The van der Waals surface area contributed by atoms with Crippen molar-refractivity contribution >= 4 is 34.1 Å². The minimum atomic E-state index is -4.83. The van der Waals surface area contributed by atoms with Crippen molar-refractivity contribution < 1.29 is 22.7 Å². The van der Waals surface area contributed by atoms with Crippen molar-refractivity contribution in [2.45, 2.75) is 13.3 Å². The number of alkyl halides is 3. The number of aromatic nitrogens is 5. The number of ether oxygens (including phenoxy) is 1. The van der Waals surface area contributed by atoms with Gasteiger partial charge < -0.3 is 19.9 Å². The lowest BCUT2D eigenvalue weighted by Gasteiger charge is -2.14. The van der Waals surface area contributed by atoms with Crippen LogP contribution in [0.15, 0.2) is 73.4 Å². The van der Waals surface area contributed by atoms with Crippen molar-refractivity contribution in [3.63, 3.8) is 0 Å². The first-order valence-corrected chi connectivity index (χ1v) is 11.3. The predicted molar refractivity (Wildman–Crippen MR) is 135 cm³/mol. The van der Waals surface area contributed by atoms with Crippen LogP contribution in [0.5, 0.6) is 5.75 Å². The minimum absolute atomic E-state index is 0.156. The third kappa shape index (κ3) is 5.38. The summed E-state index contributed by atoms with van der Waals surface area (Å²) in [5.41, 5.74) is 3.23. The highest BCUT2D eigenvalue weighted by atomic mass is 19.4. The zero-order chi connectivity index (χ0) is 26.9. The lowest BCUT2D eigenvalue weighted by Crippen LogP contribution is -2.17. The number of rotatable bonds is 6. The molecule has 0 atom stereocenters. The van der Waals surface area contributed by atoms with E-state index in [1.165, 1.54) is 18.5 Å². The Morgan fingerprint density at radius 3 is 2.58 bits per heavy atom. The van der Waals surface area contributed by atoms with E-state index in [0.717, 1.165) is 23.1 Å². The number of aryl methyl sites for hydroxylation is 2. The summed E-state index contributed by atoms with van der Waals surface area (Å²) < 4.78 is 43.4. The molecule has 0 saturated heterocycles. The molecule has 3 aromatic heterocycles. The van der Waals surface area contributed by atoms with Crippen molar-refractivity contribution in [2.75, 3.05) is 10.6 Å². The van der Waals surface area contributed by atoms with Crippen LogP contribution in [0.25, 0.3) is 22.4 Å². The molecule has 192 valence electrons. The van der Waals surface area contributed by atoms with Gasteiger partial charge in [-0.1, -0.05) is 12.1 Å². The lowest BCUT2D eigenvalue weighted by atomic mass is 10.1. The van der Waals surface area contributed by atoms with Crippen LogP contribution in [0, 0.1) is 6.92 Å². The van der Waals surface area contributed by atoms with Crippen molar-refractivity contribution in [1.29, 1.82) is 0 Å². The van der Waals surface area contributed by atoms with Gasteiger partial charge in [-0.2, -0.15) is 0 Å².